The zero-order valence-electron chi connectivity index (χ0n) is 21.4. The molecule has 0 unspecified atom stereocenters. The average molecular weight is 473 g/mol. The van der Waals surface area contributed by atoms with E-state index in [1.165, 1.54) is 4.57 Å². The second-order valence-corrected chi connectivity index (χ2v) is 10.4. The van der Waals surface area contributed by atoms with Gasteiger partial charge in [-0.15, -0.1) is 0 Å². The van der Waals surface area contributed by atoms with E-state index in [9.17, 15) is 9.59 Å². The van der Waals surface area contributed by atoms with Crippen LogP contribution in [0.5, 0.6) is 0 Å². The van der Waals surface area contributed by atoms with Crippen molar-refractivity contribution in [1.29, 1.82) is 0 Å². The molecule has 1 aliphatic rings. The van der Waals surface area contributed by atoms with Gasteiger partial charge in [-0.25, -0.2) is 4.79 Å². The molecule has 0 N–H and O–H groups in total. The van der Waals surface area contributed by atoms with Gasteiger partial charge in [-0.1, -0.05) is 35.9 Å². The van der Waals surface area contributed by atoms with Crippen molar-refractivity contribution in [3.05, 3.63) is 86.2 Å². The van der Waals surface area contributed by atoms with Crippen LogP contribution in [0, 0.1) is 6.92 Å². The number of aromatic nitrogens is 3. The molecular formula is C28H32N4O3. The van der Waals surface area contributed by atoms with Crippen molar-refractivity contribution in [3.8, 4) is 11.3 Å². The summed E-state index contributed by atoms with van der Waals surface area (Å²) in [5.74, 6) is 0. The van der Waals surface area contributed by atoms with Crippen LogP contribution in [0.3, 0.4) is 0 Å². The molecule has 7 heteroatoms. The Morgan fingerprint density at radius 2 is 1.69 bits per heavy atom. The third-order valence-corrected chi connectivity index (χ3v) is 7.07. The molecule has 7 nitrogen and oxygen atoms in total. The first-order valence-corrected chi connectivity index (χ1v) is 11.8. The quantitative estimate of drug-likeness (QED) is 0.453. The minimum Gasteiger partial charge on any atom is -0.378 e. The van der Waals surface area contributed by atoms with E-state index in [-0.39, 0.29) is 11.2 Å². The van der Waals surface area contributed by atoms with Crippen molar-refractivity contribution in [3.63, 3.8) is 0 Å². The first-order valence-electron chi connectivity index (χ1n) is 11.8. The first kappa shape index (κ1) is 23.2. The van der Waals surface area contributed by atoms with E-state index in [1.807, 2.05) is 39.2 Å². The third kappa shape index (κ3) is 3.45. The number of nitrogens with zero attached hydrogens (tertiary/aromatic N) is 4. The molecule has 0 bridgehead atoms. The van der Waals surface area contributed by atoms with Crippen molar-refractivity contribution in [1.82, 2.24) is 13.7 Å². The van der Waals surface area contributed by atoms with E-state index in [0.29, 0.717) is 17.5 Å². The molecule has 0 aliphatic carbocycles. The number of hydrogen-bond acceptors (Lipinski definition) is 4. The Kier molecular flexibility index (Phi) is 5.29. The highest BCUT2D eigenvalue weighted by Gasteiger charge is 2.40. The van der Waals surface area contributed by atoms with Crippen molar-refractivity contribution in [2.75, 3.05) is 25.6 Å². The molecule has 3 heterocycles. The van der Waals surface area contributed by atoms with Crippen LogP contribution in [0.25, 0.3) is 22.2 Å². The third-order valence-electron chi connectivity index (χ3n) is 7.07. The zero-order valence-corrected chi connectivity index (χ0v) is 21.4. The lowest BCUT2D eigenvalue weighted by Gasteiger charge is -2.39. The summed E-state index contributed by atoms with van der Waals surface area (Å²) in [6.07, 6.45) is -0.419. The largest absolute Gasteiger partial charge is 0.378 e. The molecule has 5 rings (SSSR count). The van der Waals surface area contributed by atoms with Gasteiger partial charge in [0, 0.05) is 33.9 Å². The molecule has 182 valence electrons. The second-order valence-electron chi connectivity index (χ2n) is 10.4. The number of aryl methyl sites for hydroxylation is 2. The Morgan fingerprint density at radius 1 is 1.00 bits per heavy atom. The van der Waals surface area contributed by atoms with Gasteiger partial charge in [0.25, 0.3) is 5.56 Å². The fourth-order valence-electron chi connectivity index (χ4n) is 5.26. The van der Waals surface area contributed by atoms with Crippen molar-refractivity contribution < 1.29 is 4.74 Å². The summed E-state index contributed by atoms with van der Waals surface area (Å²) in [6, 6.07) is 16.4. The lowest BCUT2D eigenvalue weighted by atomic mass is 9.97. The molecule has 0 saturated carbocycles. The fourth-order valence-corrected chi connectivity index (χ4v) is 5.26. The van der Waals surface area contributed by atoms with Gasteiger partial charge in [0.05, 0.1) is 34.4 Å². The summed E-state index contributed by atoms with van der Waals surface area (Å²) in [6.45, 7) is 6.74. The zero-order chi connectivity index (χ0) is 25.2. The highest BCUT2D eigenvalue weighted by molar-refractivity contribution is 5.97. The smallest absolute Gasteiger partial charge is 0.331 e. The second kappa shape index (κ2) is 7.99. The van der Waals surface area contributed by atoms with Crippen LogP contribution >= 0.6 is 0 Å². The number of fused-ring (bicyclic) bond motifs is 3. The van der Waals surface area contributed by atoms with E-state index in [2.05, 4.69) is 53.6 Å². The first-order chi connectivity index (χ1) is 16.5. The maximum absolute atomic E-state index is 13.7. The minimum atomic E-state index is -0.436. The molecule has 0 radical (unpaired) electrons. The Balaban J connectivity index is 1.94. The summed E-state index contributed by atoms with van der Waals surface area (Å²) in [5.41, 5.74) is 5.35. The SMILES string of the molecule is Cc1cccc(-c2c3c(=O)n(C)c(=O)n(C)c3c3n2C(C)(C)CO[C@@H]3c2ccc(N(C)C)cc2)c1. The Labute approximate surface area is 204 Å². The van der Waals surface area contributed by atoms with E-state index < -0.39 is 11.6 Å². The van der Waals surface area contributed by atoms with E-state index in [4.69, 9.17) is 4.74 Å². The predicted octanol–water partition coefficient (Wildman–Crippen LogP) is 3.93. The highest BCUT2D eigenvalue weighted by atomic mass is 16.5. The Bertz CT molecular complexity index is 1570. The average Bonchev–Trinajstić information content (AvgIpc) is 3.19. The van der Waals surface area contributed by atoms with Gasteiger partial charge < -0.3 is 14.2 Å². The Hall–Kier alpha value is -3.58. The summed E-state index contributed by atoms with van der Waals surface area (Å²) in [4.78, 5) is 28.8. The molecule has 0 fully saturated rings. The van der Waals surface area contributed by atoms with Crippen molar-refractivity contribution >= 4 is 16.6 Å². The molecule has 2 aromatic carbocycles. The maximum atomic E-state index is 13.7. The molecule has 35 heavy (non-hydrogen) atoms. The van der Waals surface area contributed by atoms with Gasteiger partial charge in [-0.05, 0) is 50.1 Å². The molecule has 0 amide bonds. The Morgan fingerprint density at radius 3 is 2.31 bits per heavy atom. The number of anilines is 1. The van der Waals surface area contributed by atoms with Gasteiger partial charge in [0.15, 0.2) is 0 Å². The summed E-state index contributed by atoms with van der Waals surface area (Å²) in [5, 5.41) is 0.545. The number of benzene rings is 2. The van der Waals surface area contributed by atoms with E-state index in [1.54, 1.807) is 18.7 Å². The fraction of sp³-hybridized carbons (Fsp3) is 0.357. The molecule has 1 aliphatic heterocycles. The van der Waals surface area contributed by atoms with Crippen LogP contribution in [0.2, 0.25) is 0 Å². The van der Waals surface area contributed by atoms with Crippen LogP contribution in [0.4, 0.5) is 5.69 Å². The number of rotatable bonds is 3. The normalized spacial score (nSPS) is 16.9. The van der Waals surface area contributed by atoms with Crippen LogP contribution in [0.1, 0.15) is 36.8 Å². The lowest BCUT2D eigenvalue weighted by molar-refractivity contribution is -0.00706. The summed E-state index contributed by atoms with van der Waals surface area (Å²) in [7, 11) is 7.29. The lowest BCUT2D eigenvalue weighted by Crippen LogP contribution is -2.40. The molecular weight excluding hydrogens is 440 g/mol. The number of hydrogen-bond donors (Lipinski definition) is 0. The van der Waals surface area contributed by atoms with Gasteiger partial charge in [-0.2, -0.15) is 0 Å². The topological polar surface area (TPSA) is 61.4 Å². The van der Waals surface area contributed by atoms with Crippen LogP contribution in [-0.2, 0) is 24.4 Å². The van der Waals surface area contributed by atoms with Crippen LogP contribution in [0.15, 0.2) is 58.1 Å². The summed E-state index contributed by atoms with van der Waals surface area (Å²) < 4.78 is 11.5. The molecule has 2 aromatic heterocycles. The summed E-state index contributed by atoms with van der Waals surface area (Å²) >= 11 is 0. The number of ether oxygens (including phenoxy) is 1. The van der Waals surface area contributed by atoms with Crippen LogP contribution < -0.4 is 16.1 Å². The molecule has 4 aromatic rings. The predicted molar refractivity (Wildman–Crippen MR) is 140 cm³/mol. The van der Waals surface area contributed by atoms with E-state index >= 15 is 0 Å². The van der Waals surface area contributed by atoms with Gasteiger partial charge in [0.1, 0.15) is 6.10 Å². The van der Waals surface area contributed by atoms with Crippen molar-refractivity contribution in [2.45, 2.75) is 32.4 Å². The van der Waals surface area contributed by atoms with Crippen molar-refractivity contribution in [2.24, 2.45) is 14.1 Å². The molecule has 0 saturated heterocycles. The highest BCUT2D eigenvalue weighted by Crippen LogP contribution is 2.45. The monoisotopic (exact) mass is 472 g/mol. The van der Waals surface area contributed by atoms with E-state index in [0.717, 1.165) is 33.8 Å². The maximum Gasteiger partial charge on any atom is 0.331 e. The standard InChI is InChI=1S/C28H32N4O3/c1-17-9-8-10-19(15-17)22-21-23(30(6)27(34)31(7)26(21)33)24-25(35-16-28(2,3)32(22)24)18-11-13-20(14-12-18)29(4)5/h8-15,25H,16H2,1-7H3/t25-/m1/s1. The van der Waals surface area contributed by atoms with Gasteiger partial charge in [-0.3, -0.25) is 13.9 Å². The van der Waals surface area contributed by atoms with Gasteiger partial charge in [0.2, 0.25) is 0 Å². The molecule has 0 spiro atoms. The van der Waals surface area contributed by atoms with Crippen LogP contribution in [-0.4, -0.2) is 34.4 Å². The molecule has 1 atom stereocenters. The minimum absolute atomic E-state index is 0.293. The van der Waals surface area contributed by atoms with Gasteiger partial charge >= 0.3 is 5.69 Å².